The third-order valence-electron chi connectivity index (χ3n) is 7.84. The second kappa shape index (κ2) is 15.3. The molecule has 2 aromatic rings. The molecule has 11 heteroatoms. The first-order chi connectivity index (χ1) is 21.2. The van der Waals surface area contributed by atoms with E-state index in [2.05, 4.69) is 11.2 Å². The smallest absolute Gasteiger partial charge is 0.391 e. The number of nitrogens with two attached hydrogens (primary N) is 1. The number of aliphatic hydroxyl groups excluding tert-OH is 1. The van der Waals surface area contributed by atoms with Gasteiger partial charge in [-0.05, 0) is 61.1 Å². The van der Waals surface area contributed by atoms with Gasteiger partial charge < -0.3 is 21.1 Å². The molecule has 1 aliphatic carbocycles. The number of alkyl halides is 3. The van der Waals surface area contributed by atoms with Crippen LogP contribution in [-0.4, -0.2) is 47.6 Å². The van der Waals surface area contributed by atoms with Crippen molar-refractivity contribution in [3.05, 3.63) is 94.1 Å². The maximum absolute atomic E-state index is 14.2. The van der Waals surface area contributed by atoms with Crippen molar-refractivity contribution in [2.45, 2.75) is 58.4 Å². The Kier molecular flexibility index (Phi) is 12.1. The minimum absolute atomic E-state index is 0.0655. The van der Waals surface area contributed by atoms with E-state index in [1.807, 2.05) is 13.8 Å². The molecule has 1 unspecified atom stereocenters. The molecule has 2 aromatic carbocycles. The standard InChI is InChI=1S/C34H38F5N3O3/c1-4-10-42(11-5-2)31(44)25-12-22(6-3)18-33(19-25,32(40)45)29(16-24-14-27(35)17-28(36)15-24)30(43)21-41-20-23-8-7-9-26(13-23)34(37,38)39/h3,7-9,12-15,17-18,29-30,41,43H,4-5,10-11,16,19-21H2,1-2H3,(H2,40,45)/t29-,30+,33?/m1/s1. The topological polar surface area (TPSA) is 95.7 Å². The average molecular weight is 632 g/mol. The number of terminal acetylenes is 1. The monoisotopic (exact) mass is 631 g/mol. The van der Waals surface area contributed by atoms with Crippen LogP contribution in [0.15, 0.2) is 65.8 Å². The molecule has 0 saturated heterocycles. The summed E-state index contributed by atoms with van der Waals surface area (Å²) in [5, 5.41) is 14.5. The Morgan fingerprint density at radius 2 is 1.73 bits per heavy atom. The lowest BCUT2D eigenvalue weighted by Crippen LogP contribution is -2.51. The quantitative estimate of drug-likeness (QED) is 0.195. The van der Waals surface area contributed by atoms with E-state index >= 15 is 0 Å². The van der Waals surface area contributed by atoms with Crippen molar-refractivity contribution >= 4 is 11.8 Å². The fourth-order valence-electron chi connectivity index (χ4n) is 5.79. The highest BCUT2D eigenvalue weighted by Crippen LogP contribution is 2.44. The SMILES string of the molecule is C#CC1=CC(C(N)=O)([C@H](Cc2cc(F)cc(F)c2)[C@@H](O)CNCc2cccc(C(F)(F)F)c2)CC(C(=O)N(CCC)CCC)=C1. The van der Waals surface area contributed by atoms with Crippen LogP contribution in [-0.2, 0) is 28.7 Å². The summed E-state index contributed by atoms with van der Waals surface area (Å²) in [6.07, 6.45) is 3.57. The molecular weight excluding hydrogens is 593 g/mol. The number of benzene rings is 2. The normalized spacial score (nSPS) is 17.9. The second-order valence-electron chi connectivity index (χ2n) is 11.3. The zero-order valence-corrected chi connectivity index (χ0v) is 25.3. The van der Waals surface area contributed by atoms with Crippen molar-refractivity contribution in [3.63, 3.8) is 0 Å². The van der Waals surface area contributed by atoms with Crippen LogP contribution in [0.3, 0.4) is 0 Å². The molecule has 0 aliphatic heterocycles. The maximum Gasteiger partial charge on any atom is 0.416 e. The van der Waals surface area contributed by atoms with Crippen molar-refractivity contribution in [1.82, 2.24) is 10.2 Å². The highest BCUT2D eigenvalue weighted by molar-refractivity contribution is 5.97. The summed E-state index contributed by atoms with van der Waals surface area (Å²) in [7, 11) is 0. The molecule has 3 rings (SSSR count). The van der Waals surface area contributed by atoms with E-state index in [0.717, 1.165) is 24.3 Å². The van der Waals surface area contributed by atoms with Crippen LogP contribution < -0.4 is 11.1 Å². The number of rotatable bonds is 14. The molecule has 0 bridgehead atoms. The number of amides is 2. The summed E-state index contributed by atoms with van der Waals surface area (Å²) >= 11 is 0. The van der Waals surface area contributed by atoms with E-state index in [1.54, 1.807) is 4.90 Å². The molecule has 0 spiro atoms. The number of hydrogen-bond donors (Lipinski definition) is 3. The van der Waals surface area contributed by atoms with Gasteiger partial charge in [0, 0.05) is 49.3 Å². The number of carbonyl (C=O) groups excluding carboxylic acids is 2. The summed E-state index contributed by atoms with van der Waals surface area (Å²) in [5.41, 5.74) is 4.21. The van der Waals surface area contributed by atoms with Gasteiger partial charge in [-0.1, -0.05) is 44.0 Å². The third kappa shape index (κ3) is 9.02. The van der Waals surface area contributed by atoms with Gasteiger partial charge in [-0.3, -0.25) is 9.59 Å². The fraction of sp³-hybridized carbons (Fsp3) is 0.412. The molecule has 3 atom stereocenters. The third-order valence-corrected chi connectivity index (χ3v) is 7.84. The summed E-state index contributed by atoms with van der Waals surface area (Å²) < 4.78 is 68.0. The Morgan fingerprint density at radius 3 is 2.29 bits per heavy atom. The second-order valence-corrected chi connectivity index (χ2v) is 11.3. The number of aliphatic hydroxyl groups is 1. The van der Waals surface area contributed by atoms with E-state index in [4.69, 9.17) is 12.2 Å². The van der Waals surface area contributed by atoms with Crippen LogP contribution in [0.5, 0.6) is 0 Å². The van der Waals surface area contributed by atoms with E-state index in [-0.39, 0.29) is 48.5 Å². The summed E-state index contributed by atoms with van der Waals surface area (Å²) in [5.74, 6) is -1.71. The predicted molar refractivity (Wildman–Crippen MR) is 161 cm³/mol. The van der Waals surface area contributed by atoms with Gasteiger partial charge in [0.2, 0.25) is 11.8 Å². The van der Waals surface area contributed by atoms with Gasteiger partial charge in [0.15, 0.2) is 0 Å². The highest BCUT2D eigenvalue weighted by Gasteiger charge is 2.49. The van der Waals surface area contributed by atoms with Gasteiger partial charge in [-0.2, -0.15) is 13.2 Å². The first kappa shape index (κ1) is 35.5. The summed E-state index contributed by atoms with van der Waals surface area (Å²) in [6, 6.07) is 7.47. The van der Waals surface area contributed by atoms with Crippen molar-refractivity contribution < 1.29 is 36.6 Å². The van der Waals surface area contributed by atoms with Crippen LogP contribution in [0.25, 0.3) is 0 Å². The molecule has 0 heterocycles. The van der Waals surface area contributed by atoms with Gasteiger partial charge in [0.25, 0.3) is 0 Å². The van der Waals surface area contributed by atoms with E-state index < -0.39 is 46.7 Å². The van der Waals surface area contributed by atoms with Crippen LogP contribution in [0.4, 0.5) is 22.0 Å². The molecule has 2 amide bonds. The predicted octanol–water partition coefficient (Wildman–Crippen LogP) is 5.30. The van der Waals surface area contributed by atoms with Gasteiger partial charge >= 0.3 is 6.18 Å². The minimum atomic E-state index is -4.54. The van der Waals surface area contributed by atoms with Crippen molar-refractivity contribution in [1.29, 1.82) is 0 Å². The van der Waals surface area contributed by atoms with E-state index in [9.17, 15) is 36.6 Å². The molecule has 0 fully saturated rings. The Labute approximate surface area is 260 Å². The first-order valence-electron chi connectivity index (χ1n) is 14.7. The zero-order chi connectivity index (χ0) is 33.4. The lowest BCUT2D eigenvalue weighted by molar-refractivity contribution is -0.137. The molecular formula is C34H38F5N3O3. The van der Waals surface area contributed by atoms with Gasteiger partial charge in [-0.15, -0.1) is 6.42 Å². The number of hydrogen-bond acceptors (Lipinski definition) is 4. The summed E-state index contributed by atoms with van der Waals surface area (Å²) in [6.45, 7) is 4.44. The van der Waals surface area contributed by atoms with E-state index in [1.165, 1.54) is 24.3 Å². The number of halogens is 5. The van der Waals surface area contributed by atoms with E-state index in [0.29, 0.717) is 37.6 Å². The van der Waals surface area contributed by atoms with Gasteiger partial charge in [-0.25, -0.2) is 8.78 Å². The molecule has 6 nitrogen and oxygen atoms in total. The first-order valence-corrected chi connectivity index (χ1v) is 14.7. The minimum Gasteiger partial charge on any atom is -0.391 e. The van der Waals surface area contributed by atoms with Crippen molar-refractivity contribution in [3.8, 4) is 12.3 Å². The summed E-state index contributed by atoms with van der Waals surface area (Å²) in [4.78, 5) is 28.7. The van der Waals surface area contributed by atoms with Crippen LogP contribution in [0.2, 0.25) is 0 Å². The van der Waals surface area contributed by atoms with Gasteiger partial charge in [0.05, 0.1) is 17.1 Å². The number of primary amides is 1. The molecule has 0 aromatic heterocycles. The molecule has 4 N–H and O–H groups in total. The lowest BCUT2D eigenvalue weighted by Gasteiger charge is -2.41. The Morgan fingerprint density at radius 1 is 1.09 bits per heavy atom. The largest absolute Gasteiger partial charge is 0.416 e. The Balaban J connectivity index is 2.02. The number of carbonyl (C=O) groups is 2. The van der Waals surface area contributed by atoms with Crippen molar-refractivity contribution in [2.75, 3.05) is 19.6 Å². The number of allylic oxidation sites excluding steroid dienone is 2. The van der Waals surface area contributed by atoms with Gasteiger partial charge in [0.1, 0.15) is 11.6 Å². The molecule has 0 radical (unpaired) electrons. The Hall–Kier alpha value is -4.01. The lowest BCUT2D eigenvalue weighted by atomic mass is 9.63. The molecule has 242 valence electrons. The number of nitrogens with one attached hydrogen (secondary N) is 1. The van der Waals surface area contributed by atoms with Crippen LogP contribution in [0.1, 0.15) is 49.8 Å². The Bertz CT molecular complexity index is 1450. The number of nitrogens with zero attached hydrogens (tertiary/aromatic N) is 1. The highest BCUT2D eigenvalue weighted by atomic mass is 19.4. The zero-order valence-electron chi connectivity index (χ0n) is 25.3. The molecule has 45 heavy (non-hydrogen) atoms. The van der Waals surface area contributed by atoms with Crippen LogP contribution >= 0.6 is 0 Å². The molecule has 0 saturated carbocycles. The van der Waals surface area contributed by atoms with Crippen LogP contribution in [0, 0.1) is 35.3 Å². The maximum atomic E-state index is 14.2. The fourth-order valence-corrected chi connectivity index (χ4v) is 5.79. The van der Waals surface area contributed by atoms with Crippen molar-refractivity contribution in [2.24, 2.45) is 17.1 Å². The molecule has 1 aliphatic rings. The average Bonchev–Trinajstić information content (AvgIpc) is 2.98.